The van der Waals surface area contributed by atoms with Crippen molar-refractivity contribution in [2.75, 3.05) is 0 Å². The molecule has 1 saturated carbocycles. The summed E-state index contributed by atoms with van der Waals surface area (Å²) in [5, 5.41) is 12.9. The fourth-order valence-electron chi connectivity index (χ4n) is 2.63. The summed E-state index contributed by atoms with van der Waals surface area (Å²) >= 11 is 0. The van der Waals surface area contributed by atoms with Crippen LogP contribution in [0.5, 0.6) is 0 Å². The summed E-state index contributed by atoms with van der Waals surface area (Å²) in [6.45, 7) is 2.10. The van der Waals surface area contributed by atoms with Crippen molar-refractivity contribution in [3.05, 3.63) is 0 Å². The van der Waals surface area contributed by atoms with Gasteiger partial charge in [-0.05, 0) is 25.7 Å². The Morgan fingerprint density at radius 3 is 3.08 bits per heavy atom. The minimum Gasteiger partial charge on any atom is -0.392 e. The minimum atomic E-state index is -0.230. The Bertz CT molecular complexity index is 229. The van der Waals surface area contributed by atoms with Gasteiger partial charge in [0.1, 0.15) is 0 Å². The summed E-state index contributed by atoms with van der Waals surface area (Å²) in [5.41, 5.74) is -0.0633. The molecule has 2 rings (SSSR count). The van der Waals surface area contributed by atoms with Gasteiger partial charge in [-0.1, -0.05) is 6.92 Å². The molecular formula is C10H17NO2. The van der Waals surface area contributed by atoms with Crippen LogP contribution < -0.4 is 5.32 Å². The SMILES string of the molecule is C[C@@]12CCC(=O)N[C@H]1CCCC2O. The third-order valence-electron chi connectivity index (χ3n) is 3.75. The maximum Gasteiger partial charge on any atom is 0.220 e. The molecule has 0 aromatic heterocycles. The lowest BCUT2D eigenvalue weighted by Gasteiger charge is -2.48. The molecule has 3 atom stereocenters. The zero-order valence-corrected chi connectivity index (χ0v) is 8.05. The van der Waals surface area contributed by atoms with Crippen molar-refractivity contribution in [3.63, 3.8) is 0 Å². The summed E-state index contributed by atoms with van der Waals surface area (Å²) in [5.74, 6) is 0.150. The molecule has 0 aromatic carbocycles. The Morgan fingerprint density at radius 2 is 2.31 bits per heavy atom. The van der Waals surface area contributed by atoms with E-state index in [1.807, 2.05) is 0 Å². The fourth-order valence-corrected chi connectivity index (χ4v) is 2.63. The van der Waals surface area contributed by atoms with Gasteiger partial charge < -0.3 is 10.4 Å². The monoisotopic (exact) mass is 183 g/mol. The van der Waals surface area contributed by atoms with Gasteiger partial charge in [0, 0.05) is 17.9 Å². The van der Waals surface area contributed by atoms with Crippen LogP contribution in [0.3, 0.4) is 0 Å². The highest BCUT2D eigenvalue weighted by Gasteiger charge is 2.46. The number of fused-ring (bicyclic) bond motifs is 1. The largest absolute Gasteiger partial charge is 0.392 e. The third-order valence-corrected chi connectivity index (χ3v) is 3.75. The lowest BCUT2D eigenvalue weighted by molar-refractivity contribution is -0.131. The van der Waals surface area contributed by atoms with Gasteiger partial charge in [-0.2, -0.15) is 0 Å². The summed E-state index contributed by atoms with van der Waals surface area (Å²) in [7, 11) is 0. The Kier molecular flexibility index (Phi) is 2.06. The van der Waals surface area contributed by atoms with Crippen LogP contribution in [0.25, 0.3) is 0 Å². The van der Waals surface area contributed by atoms with E-state index in [0.29, 0.717) is 6.42 Å². The second kappa shape index (κ2) is 2.98. The molecule has 0 bridgehead atoms. The number of amides is 1. The minimum absolute atomic E-state index is 0.0633. The molecule has 3 nitrogen and oxygen atoms in total. The number of hydrogen-bond acceptors (Lipinski definition) is 2. The Morgan fingerprint density at radius 1 is 1.54 bits per heavy atom. The first-order valence-electron chi connectivity index (χ1n) is 5.10. The summed E-state index contributed by atoms with van der Waals surface area (Å²) in [6, 6.07) is 0.206. The molecule has 0 aromatic rings. The highest BCUT2D eigenvalue weighted by atomic mass is 16.3. The standard InChI is InChI=1S/C10H17NO2/c1-10-6-5-9(13)11-7(10)3-2-4-8(10)12/h7-8,12H,2-6H2,1H3,(H,11,13)/t7-,8?,10+/m0/s1. The first-order chi connectivity index (χ1) is 6.13. The van der Waals surface area contributed by atoms with Gasteiger partial charge in [0.15, 0.2) is 0 Å². The summed E-state index contributed by atoms with van der Waals surface area (Å²) < 4.78 is 0. The number of aliphatic hydroxyl groups excluding tert-OH is 1. The van der Waals surface area contributed by atoms with Crippen LogP contribution in [0.15, 0.2) is 0 Å². The normalized spacial score (nSPS) is 45.2. The van der Waals surface area contributed by atoms with E-state index < -0.39 is 0 Å². The summed E-state index contributed by atoms with van der Waals surface area (Å²) in [4.78, 5) is 11.2. The van der Waals surface area contributed by atoms with Crippen molar-refractivity contribution in [2.24, 2.45) is 5.41 Å². The molecule has 13 heavy (non-hydrogen) atoms. The van der Waals surface area contributed by atoms with E-state index in [-0.39, 0.29) is 23.5 Å². The molecular weight excluding hydrogens is 166 g/mol. The fraction of sp³-hybridized carbons (Fsp3) is 0.900. The number of piperidine rings is 1. The second-order valence-electron chi connectivity index (χ2n) is 4.57. The van der Waals surface area contributed by atoms with Crippen molar-refractivity contribution in [3.8, 4) is 0 Å². The van der Waals surface area contributed by atoms with Crippen molar-refractivity contribution in [1.82, 2.24) is 5.32 Å². The number of hydrogen-bond donors (Lipinski definition) is 2. The van der Waals surface area contributed by atoms with E-state index in [2.05, 4.69) is 12.2 Å². The summed E-state index contributed by atoms with van der Waals surface area (Å²) in [6.07, 6.45) is 4.13. The molecule has 3 heteroatoms. The molecule has 1 aliphatic carbocycles. The molecule has 74 valence electrons. The van der Waals surface area contributed by atoms with Crippen LogP contribution in [-0.4, -0.2) is 23.2 Å². The average molecular weight is 183 g/mol. The number of nitrogens with one attached hydrogen (secondary N) is 1. The topological polar surface area (TPSA) is 49.3 Å². The van der Waals surface area contributed by atoms with Crippen LogP contribution in [-0.2, 0) is 4.79 Å². The molecule has 2 N–H and O–H groups in total. The van der Waals surface area contributed by atoms with Crippen molar-refractivity contribution in [1.29, 1.82) is 0 Å². The van der Waals surface area contributed by atoms with E-state index >= 15 is 0 Å². The van der Waals surface area contributed by atoms with Crippen LogP contribution in [0, 0.1) is 5.41 Å². The van der Waals surface area contributed by atoms with Crippen molar-refractivity contribution >= 4 is 5.91 Å². The predicted octanol–water partition coefficient (Wildman–Crippen LogP) is 0.816. The van der Waals surface area contributed by atoms with E-state index in [1.165, 1.54) is 0 Å². The van der Waals surface area contributed by atoms with Crippen LogP contribution >= 0.6 is 0 Å². The van der Waals surface area contributed by atoms with Gasteiger partial charge in [0.2, 0.25) is 5.91 Å². The maximum absolute atomic E-state index is 11.2. The second-order valence-corrected chi connectivity index (χ2v) is 4.57. The average Bonchev–Trinajstić information content (AvgIpc) is 2.09. The van der Waals surface area contributed by atoms with Crippen molar-refractivity contribution < 1.29 is 9.90 Å². The van der Waals surface area contributed by atoms with E-state index in [0.717, 1.165) is 25.7 Å². The first kappa shape index (κ1) is 9.00. The smallest absolute Gasteiger partial charge is 0.220 e. The zero-order chi connectivity index (χ0) is 9.47. The highest BCUT2D eigenvalue weighted by Crippen LogP contribution is 2.42. The Hall–Kier alpha value is -0.570. The molecule has 1 amide bonds. The lowest BCUT2D eigenvalue weighted by atomic mass is 9.65. The number of rotatable bonds is 0. The number of carbonyl (C=O) groups is 1. The van der Waals surface area contributed by atoms with E-state index in [1.54, 1.807) is 0 Å². The van der Waals surface area contributed by atoms with Gasteiger partial charge in [-0.25, -0.2) is 0 Å². The van der Waals surface area contributed by atoms with Gasteiger partial charge in [0.25, 0.3) is 0 Å². The molecule has 0 radical (unpaired) electrons. The third kappa shape index (κ3) is 1.35. The van der Waals surface area contributed by atoms with Crippen molar-refractivity contribution in [2.45, 2.75) is 51.2 Å². The van der Waals surface area contributed by atoms with Gasteiger partial charge in [-0.15, -0.1) is 0 Å². The van der Waals surface area contributed by atoms with Gasteiger partial charge >= 0.3 is 0 Å². The van der Waals surface area contributed by atoms with Gasteiger partial charge in [0.05, 0.1) is 6.10 Å². The first-order valence-corrected chi connectivity index (χ1v) is 5.10. The molecule has 1 saturated heterocycles. The zero-order valence-electron chi connectivity index (χ0n) is 8.05. The highest BCUT2D eigenvalue weighted by molar-refractivity contribution is 5.77. The Balaban J connectivity index is 2.17. The van der Waals surface area contributed by atoms with Crippen LogP contribution in [0.4, 0.5) is 0 Å². The van der Waals surface area contributed by atoms with E-state index in [9.17, 15) is 9.90 Å². The number of carbonyl (C=O) groups excluding carboxylic acids is 1. The molecule has 1 aliphatic heterocycles. The maximum atomic E-state index is 11.2. The number of aliphatic hydroxyl groups is 1. The molecule has 1 unspecified atom stereocenters. The van der Waals surface area contributed by atoms with Crippen LogP contribution in [0.2, 0.25) is 0 Å². The molecule has 2 fully saturated rings. The predicted molar refractivity (Wildman–Crippen MR) is 49.1 cm³/mol. The van der Waals surface area contributed by atoms with E-state index in [4.69, 9.17) is 0 Å². The van der Waals surface area contributed by atoms with Crippen LogP contribution in [0.1, 0.15) is 39.0 Å². The molecule has 1 heterocycles. The Labute approximate surface area is 78.5 Å². The quantitative estimate of drug-likeness (QED) is 0.584. The molecule has 0 spiro atoms. The van der Waals surface area contributed by atoms with Gasteiger partial charge in [-0.3, -0.25) is 4.79 Å². The lowest BCUT2D eigenvalue weighted by Crippen LogP contribution is -2.58. The molecule has 2 aliphatic rings.